The van der Waals surface area contributed by atoms with E-state index in [0.29, 0.717) is 19.8 Å². The highest BCUT2D eigenvalue weighted by Crippen LogP contribution is 2.32. The molecule has 2 rings (SSSR count). The average Bonchev–Trinajstić information content (AvgIpc) is 2.39. The van der Waals surface area contributed by atoms with Gasteiger partial charge in [0.1, 0.15) is 10.7 Å². The zero-order valence-corrected chi connectivity index (χ0v) is 12.6. The summed E-state index contributed by atoms with van der Waals surface area (Å²) in [6, 6.07) is 5.47. The van der Waals surface area contributed by atoms with E-state index in [4.69, 9.17) is 4.74 Å². The molecule has 0 N–H and O–H groups in total. The van der Waals surface area contributed by atoms with Crippen molar-refractivity contribution in [2.24, 2.45) is 5.41 Å². The minimum absolute atomic E-state index is 0.120. The van der Waals surface area contributed by atoms with Crippen LogP contribution in [0.25, 0.3) is 0 Å². The number of benzene rings is 1. The van der Waals surface area contributed by atoms with E-state index in [2.05, 4.69) is 0 Å². The van der Waals surface area contributed by atoms with Crippen molar-refractivity contribution < 1.29 is 17.5 Å². The van der Waals surface area contributed by atoms with Gasteiger partial charge >= 0.3 is 0 Å². The Labute approximate surface area is 119 Å². The summed E-state index contributed by atoms with van der Waals surface area (Å²) in [6.45, 7) is 3.70. The Morgan fingerprint density at radius 1 is 1.30 bits per heavy atom. The van der Waals surface area contributed by atoms with E-state index < -0.39 is 15.8 Å². The number of halogens is 1. The molecule has 1 aromatic rings. The van der Waals surface area contributed by atoms with Gasteiger partial charge < -0.3 is 4.74 Å². The maximum atomic E-state index is 13.7. The Balaban J connectivity index is 2.19. The quantitative estimate of drug-likeness (QED) is 0.857. The van der Waals surface area contributed by atoms with Gasteiger partial charge in [0.05, 0.1) is 0 Å². The highest BCUT2D eigenvalue weighted by molar-refractivity contribution is 7.89. The smallest absolute Gasteiger partial charge is 0.245 e. The predicted molar refractivity (Wildman–Crippen MR) is 74.4 cm³/mol. The first-order valence-corrected chi connectivity index (χ1v) is 8.08. The van der Waals surface area contributed by atoms with Crippen LogP contribution in [0.15, 0.2) is 29.2 Å². The zero-order chi connectivity index (χ0) is 14.8. The molecule has 0 amide bonds. The Hall–Kier alpha value is -0.980. The molecule has 0 bridgehead atoms. The van der Waals surface area contributed by atoms with Crippen molar-refractivity contribution in [3.63, 3.8) is 0 Å². The van der Waals surface area contributed by atoms with Crippen molar-refractivity contribution in [3.8, 4) is 0 Å². The summed E-state index contributed by atoms with van der Waals surface area (Å²) in [5.74, 6) is -0.712. The molecule has 0 aromatic heterocycles. The minimum Gasteiger partial charge on any atom is -0.381 e. The summed E-state index contributed by atoms with van der Waals surface area (Å²) in [5, 5.41) is 0. The molecule has 0 spiro atoms. The van der Waals surface area contributed by atoms with Gasteiger partial charge in [-0.3, -0.25) is 0 Å². The van der Waals surface area contributed by atoms with Gasteiger partial charge in [-0.25, -0.2) is 17.1 Å². The van der Waals surface area contributed by atoms with Crippen LogP contribution < -0.4 is 0 Å². The highest BCUT2D eigenvalue weighted by atomic mass is 32.2. The average molecular weight is 301 g/mol. The van der Waals surface area contributed by atoms with Crippen LogP contribution >= 0.6 is 0 Å². The SMILES string of the molecule is CN(CC1(C)CCOCC1)S(=O)(=O)c1ccccc1F. The molecule has 0 saturated carbocycles. The van der Waals surface area contributed by atoms with Crippen LogP contribution in [-0.2, 0) is 14.8 Å². The van der Waals surface area contributed by atoms with E-state index in [-0.39, 0.29) is 10.3 Å². The normalized spacial score (nSPS) is 19.2. The van der Waals surface area contributed by atoms with Gasteiger partial charge in [-0.05, 0) is 30.4 Å². The molecule has 1 aliphatic heterocycles. The van der Waals surface area contributed by atoms with Crippen LogP contribution in [-0.4, -0.2) is 39.5 Å². The molecule has 1 heterocycles. The van der Waals surface area contributed by atoms with Crippen LogP contribution in [0.3, 0.4) is 0 Å². The Morgan fingerprint density at radius 2 is 1.90 bits per heavy atom. The minimum atomic E-state index is -3.79. The first kappa shape index (κ1) is 15.4. The van der Waals surface area contributed by atoms with E-state index in [1.54, 1.807) is 0 Å². The zero-order valence-electron chi connectivity index (χ0n) is 11.8. The standard InChI is InChI=1S/C14H20FNO3S/c1-14(7-9-19-10-8-14)11-16(2)20(17,18)13-6-4-3-5-12(13)15/h3-6H,7-11H2,1-2H3. The predicted octanol–water partition coefficient (Wildman–Crippen LogP) is 2.26. The van der Waals surface area contributed by atoms with Crippen molar-refractivity contribution in [3.05, 3.63) is 30.1 Å². The summed E-state index contributed by atoms with van der Waals surface area (Å²) in [6.07, 6.45) is 1.62. The number of ether oxygens (including phenoxy) is 1. The maximum Gasteiger partial charge on any atom is 0.245 e. The second-order valence-corrected chi connectivity index (χ2v) is 7.63. The number of nitrogens with zero attached hydrogens (tertiary/aromatic N) is 1. The fourth-order valence-corrected chi connectivity index (χ4v) is 3.85. The molecule has 0 aliphatic carbocycles. The summed E-state index contributed by atoms with van der Waals surface area (Å²) in [7, 11) is -2.29. The van der Waals surface area contributed by atoms with Crippen LogP contribution in [0.1, 0.15) is 19.8 Å². The van der Waals surface area contributed by atoms with Gasteiger partial charge in [-0.15, -0.1) is 0 Å². The van der Waals surface area contributed by atoms with Gasteiger partial charge in [0, 0.05) is 26.8 Å². The molecular formula is C14H20FNO3S. The van der Waals surface area contributed by atoms with Gasteiger partial charge in [0.15, 0.2) is 0 Å². The third kappa shape index (κ3) is 3.19. The number of hydrogen-bond donors (Lipinski definition) is 0. The highest BCUT2D eigenvalue weighted by Gasteiger charge is 2.33. The first-order valence-electron chi connectivity index (χ1n) is 6.64. The fourth-order valence-electron chi connectivity index (χ4n) is 2.47. The summed E-state index contributed by atoms with van der Waals surface area (Å²) >= 11 is 0. The second kappa shape index (κ2) is 5.79. The number of hydrogen-bond acceptors (Lipinski definition) is 3. The third-order valence-corrected chi connectivity index (χ3v) is 5.67. The van der Waals surface area contributed by atoms with Gasteiger partial charge in [-0.2, -0.15) is 0 Å². The third-order valence-electron chi connectivity index (χ3n) is 3.83. The molecule has 0 unspecified atom stereocenters. The maximum absolute atomic E-state index is 13.7. The molecule has 20 heavy (non-hydrogen) atoms. The molecule has 1 fully saturated rings. The summed E-state index contributed by atoms with van der Waals surface area (Å²) in [4.78, 5) is -0.266. The van der Waals surface area contributed by atoms with Crippen LogP contribution in [0.2, 0.25) is 0 Å². The van der Waals surface area contributed by atoms with Gasteiger partial charge in [0.2, 0.25) is 10.0 Å². The lowest BCUT2D eigenvalue weighted by Crippen LogP contribution is -2.40. The Kier molecular flexibility index (Phi) is 4.46. The van der Waals surface area contributed by atoms with Crippen molar-refractivity contribution in [1.29, 1.82) is 0 Å². The van der Waals surface area contributed by atoms with Crippen LogP contribution in [0.4, 0.5) is 4.39 Å². The van der Waals surface area contributed by atoms with Gasteiger partial charge in [-0.1, -0.05) is 19.1 Å². The monoisotopic (exact) mass is 301 g/mol. The fraction of sp³-hybridized carbons (Fsp3) is 0.571. The molecule has 6 heteroatoms. The lowest BCUT2D eigenvalue weighted by Gasteiger charge is -2.36. The second-order valence-electron chi connectivity index (χ2n) is 5.61. The Bertz CT molecular complexity index is 568. The van der Waals surface area contributed by atoms with E-state index in [1.807, 2.05) is 6.92 Å². The molecule has 112 valence electrons. The topological polar surface area (TPSA) is 46.6 Å². The Morgan fingerprint density at radius 3 is 2.50 bits per heavy atom. The summed E-state index contributed by atoms with van der Waals surface area (Å²) in [5.41, 5.74) is -0.120. The molecule has 4 nitrogen and oxygen atoms in total. The van der Waals surface area contributed by atoms with Gasteiger partial charge in [0.25, 0.3) is 0 Å². The van der Waals surface area contributed by atoms with Crippen molar-refractivity contribution in [1.82, 2.24) is 4.31 Å². The van der Waals surface area contributed by atoms with E-state index in [1.165, 1.54) is 29.6 Å². The molecule has 1 aromatic carbocycles. The van der Waals surface area contributed by atoms with Crippen molar-refractivity contribution >= 4 is 10.0 Å². The molecule has 0 radical (unpaired) electrons. The van der Waals surface area contributed by atoms with Crippen LogP contribution in [0, 0.1) is 11.2 Å². The number of rotatable bonds is 4. The molecule has 0 atom stereocenters. The lowest BCUT2D eigenvalue weighted by molar-refractivity contribution is 0.0174. The first-order chi connectivity index (χ1) is 9.35. The molecule has 1 saturated heterocycles. The summed E-state index contributed by atoms with van der Waals surface area (Å²) < 4.78 is 45.1. The largest absolute Gasteiger partial charge is 0.381 e. The van der Waals surface area contributed by atoms with E-state index in [9.17, 15) is 12.8 Å². The van der Waals surface area contributed by atoms with Crippen molar-refractivity contribution in [2.45, 2.75) is 24.7 Å². The molecule has 1 aliphatic rings. The van der Waals surface area contributed by atoms with E-state index in [0.717, 1.165) is 18.9 Å². The molecular weight excluding hydrogens is 281 g/mol. The lowest BCUT2D eigenvalue weighted by atomic mass is 9.82. The number of sulfonamides is 1. The van der Waals surface area contributed by atoms with E-state index >= 15 is 0 Å². The van der Waals surface area contributed by atoms with Crippen molar-refractivity contribution in [2.75, 3.05) is 26.8 Å². The van der Waals surface area contributed by atoms with Crippen LogP contribution in [0.5, 0.6) is 0 Å².